The van der Waals surface area contributed by atoms with Gasteiger partial charge in [0.1, 0.15) is 0 Å². The minimum atomic E-state index is -0.215. The Kier molecular flexibility index (Phi) is 3.48. The third-order valence-electron chi connectivity index (χ3n) is 3.24. The predicted octanol–water partition coefficient (Wildman–Crippen LogP) is 1.76. The fourth-order valence-corrected chi connectivity index (χ4v) is 2.47. The first-order valence-corrected chi connectivity index (χ1v) is 6.08. The standard InChI is InChI=1S/C14H18N2O2/c1-9(17)14(16(2)3)11-4-6-12-10(8-11)5-7-13(18)15-12/h4,6,8,14H,5,7H2,1-3H3,(H,15,18). The number of ketones is 1. The number of likely N-dealkylation sites (N-methyl/N-ethyl adjacent to an activating group) is 1. The maximum atomic E-state index is 11.7. The van der Waals surface area contributed by atoms with Crippen molar-refractivity contribution in [3.8, 4) is 0 Å². The summed E-state index contributed by atoms with van der Waals surface area (Å²) >= 11 is 0. The first-order chi connectivity index (χ1) is 8.49. The molecule has 1 aromatic carbocycles. The molecular weight excluding hydrogens is 228 g/mol. The molecule has 18 heavy (non-hydrogen) atoms. The maximum Gasteiger partial charge on any atom is 0.224 e. The Morgan fingerprint density at radius 2 is 2.06 bits per heavy atom. The normalized spacial score (nSPS) is 16.1. The number of fused-ring (bicyclic) bond motifs is 1. The third kappa shape index (κ3) is 2.43. The molecule has 1 heterocycles. The lowest BCUT2D eigenvalue weighted by Crippen LogP contribution is -2.26. The summed E-state index contributed by atoms with van der Waals surface area (Å²) in [7, 11) is 3.79. The molecule has 0 aromatic heterocycles. The van der Waals surface area contributed by atoms with Gasteiger partial charge in [0.05, 0.1) is 6.04 Å². The summed E-state index contributed by atoms with van der Waals surface area (Å²) in [5, 5.41) is 2.85. The highest BCUT2D eigenvalue weighted by atomic mass is 16.1. The van der Waals surface area contributed by atoms with Crippen LogP contribution in [-0.4, -0.2) is 30.7 Å². The number of benzene rings is 1. The molecule has 0 spiro atoms. The van der Waals surface area contributed by atoms with Gasteiger partial charge >= 0.3 is 0 Å². The molecule has 1 aliphatic rings. The summed E-state index contributed by atoms with van der Waals surface area (Å²) in [6.07, 6.45) is 1.26. The number of hydrogen-bond donors (Lipinski definition) is 1. The fraction of sp³-hybridized carbons (Fsp3) is 0.429. The van der Waals surface area contributed by atoms with Crippen LogP contribution < -0.4 is 5.32 Å². The van der Waals surface area contributed by atoms with Crippen LogP contribution in [0, 0.1) is 0 Å². The molecule has 0 saturated heterocycles. The van der Waals surface area contributed by atoms with Gasteiger partial charge in [0.2, 0.25) is 5.91 Å². The Balaban J connectivity index is 2.36. The fourth-order valence-electron chi connectivity index (χ4n) is 2.47. The van der Waals surface area contributed by atoms with E-state index in [9.17, 15) is 9.59 Å². The van der Waals surface area contributed by atoms with Crippen molar-refractivity contribution in [1.29, 1.82) is 0 Å². The lowest BCUT2D eigenvalue weighted by Gasteiger charge is -2.24. The number of carbonyl (C=O) groups is 2. The zero-order chi connectivity index (χ0) is 13.3. The lowest BCUT2D eigenvalue weighted by atomic mass is 9.95. The monoisotopic (exact) mass is 246 g/mol. The first kappa shape index (κ1) is 12.8. The number of anilines is 1. The second-order valence-electron chi connectivity index (χ2n) is 4.94. The van der Waals surface area contributed by atoms with Crippen molar-refractivity contribution in [1.82, 2.24) is 4.90 Å². The minimum Gasteiger partial charge on any atom is -0.326 e. The quantitative estimate of drug-likeness (QED) is 0.884. The molecule has 1 N–H and O–H groups in total. The van der Waals surface area contributed by atoms with E-state index in [4.69, 9.17) is 0 Å². The van der Waals surface area contributed by atoms with Gasteiger partial charge in [-0.15, -0.1) is 0 Å². The molecule has 1 atom stereocenters. The topological polar surface area (TPSA) is 49.4 Å². The van der Waals surface area contributed by atoms with E-state index in [0.29, 0.717) is 6.42 Å². The molecule has 0 saturated carbocycles. The van der Waals surface area contributed by atoms with Gasteiger partial charge in [-0.3, -0.25) is 14.5 Å². The Hall–Kier alpha value is -1.68. The second-order valence-corrected chi connectivity index (χ2v) is 4.94. The van der Waals surface area contributed by atoms with Crippen LogP contribution in [0.25, 0.3) is 0 Å². The number of carbonyl (C=O) groups excluding carboxylic acids is 2. The largest absolute Gasteiger partial charge is 0.326 e. The summed E-state index contributed by atoms with van der Waals surface area (Å²) in [5.41, 5.74) is 2.97. The Bertz CT molecular complexity index is 495. The van der Waals surface area contributed by atoms with E-state index in [1.807, 2.05) is 37.2 Å². The zero-order valence-corrected chi connectivity index (χ0v) is 11.0. The molecule has 0 aliphatic carbocycles. The highest BCUT2D eigenvalue weighted by molar-refractivity contribution is 5.94. The van der Waals surface area contributed by atoms with Crippen LogP contribution in [-0.2, 0) is 16.0 Å². The highest BCUT2D eigenvalue weighted by Gasteiger charge is 2.22. The molecule has 1 unspecified atom stereocenters. The number of hydrogen-bond acceptors (Lipinski definition) is 3. The molecule has 1 aliphatic heterocycles. The van der Waals surface area contributed by atoms with E-state index in [1.165, 1.54) is 0 Å². The van der Waals surface area contributed by atoms with Crippen LogP contribution in [0.15, 0.2) is 18.2 Å². The van der Waals surface area contributed by atoms with Gasteiger partial charge in [0, 0.05) is 12.1 Å². The Morgan fingerprint density at radius 1 is 1.33 bits per heavy atom. The molecular formula is C14H18N2O2. The molecule has 0 fully saturated rings. The third-order valence-corrected chi connectivity index (χ3v) is 3.24. The molecule has 4 nitrogen and oxygen atoms in total. The zero-order valence-electron chi connectivity index (χ0n) is 11.0. The van der Waals surface area contributed by atoms with Crippen LogP contribution in [0.3, 0.4) is 0 Å². The molecule has 96 valence electrons. The van der Waals surface area contributed by atoms with Crippen molar-refractivity contribution in [3.63, 3.8) is 0 Å². The van der Waals surface area contributed by atoms with E-state index < -0.39 is 0 Å². The van der Waals surface area contributed by atoms with Gasteiger partial charge in [-0.05, 0) is 44.6 Å². The Labute approximate surface area is 107 Å². The number of nitrogens with one attached hydrogen (secondary N) is 1. The number of nitrogens with zero attached hydrogens (tertiary/aromatic N) is 1. The van der Waals surface area contributed by atoms with Gasteiger partial charge in [0.25, 0.3) is 0 Å². The van der Waals surface area contributed by atoms with E-state index in [0.717, 1.165) is 23.2 Å². The average Bonchev–Trinajstić information content (AvgIpc) is 2.28. The van der Waals surface area contributed by atoms with Crippen molar-refractivity contribution in [2.75, 3.05) is 19.4 Å². The van der Waals surface area contributed by atoms with Gasteiger partial charge < -0.3 is 5.32 Å². The summed E-state index contributed by atoms with van der Waals surface area (Å²) in [6.45, 7) is 1.60. The summed E-state index contributed by atoms with van der Waals surface area (Å²) in [4.78, 5) is 24.9. The Morgan fingerprint density at radius 3 is 2.67 bits per heavy atom. The molecule has 2 rings (SSSR count). The molecule has 4 heteroatoms. The van der Waals surface area contributed by atoms with Crippen molar-refractivity contribution >= 4 is 17.4 Å². The molecule has 0 radical (unpaired) electrons. The molecule has 1 amide bonds. The highest BCUT2D eigenvalue weighted by Crippen LogP contribution is 2.28. The van der Waals surface area contributed by atoms with Gasteiger partial charge in [-0.25, -0.2) is 0 Å². The van der Waals surface area contributed by atoms with Gasteiger partial charge in [-0.2, -0.15) is 0 Å². The van der Waals surface area contributed by atoms with Crippen LogP contribution in [0.1, 0.15) is 30.5 Å². The van der Waals surface area contributed by atoms with E-state index >= 15 is 0 Å². The van der Waals surface area contributed by atoms with Crippen molar-refractivity contribution < 1.29 is 9.59 Å². The van der Waals surface area contributed by atoms with Crippen LogP contribution in [0.5, 0.6) is 0 Å². The van der Waals surface area contributed by atoms with E-state index in [1.54, 1.807) is 6.92 Å². The molecule has 0 bridgehead atoms. The summed E-state index contributed by atoms with van der Waals surface area (Å²) < 4.78 is 0. The van der Waals surface area contributed by atoms with Crippen molar-refractivity contribution in [3.05, 3.63) is 29.3 Å². The lowest BCUT2D eigenvalue weighted by molar-refractivity contribution is -0.121. The van der Waals surface area contributed by atoms with Crippen LogP contribution >= 0.6 is 0 Å². The maximum absolute atomic E-state index is 11.7. The molecule has 1 aromatic rings. The van der Waals surface area contributed by atoms with Crippen molar-refractivity contribution in [2.45, 2.75) is 25.8 Å². The summed E-state index contributed by atoms with van der Waals surface area (Å²) in [5.74, 6) is 0.186. The number of aryl methyl sites for hydroxylation is 1. The predicted molar refractivity (Wildman–Crippen MR) is 70.5 cm³/mol. The SMILES string of the molecule is CC(=O)C(c1ccc2c(c1)CCC(=O)N2)N(C)C. The van der Waals surface area contributed by atoms with E-state index in [2.05, 4.69) is 5.32 Å². The summed E-state index contributed by atoms with van der Waals surface area (Å²) in [6, 6.07) is 5.62. The van der Waals surface area contributed by atoms with Crippen molar-refractivity contribution in [2.24, 2.45) is 0 Å². The van der Waals surface area contributed by atoms with Crippen LogP contribution in [0.4, 0.5) is 5.69 Å². The first-order valence-electron chi connectivity index (χ1n) is 6.08. The van der Waals surface area contributed by atoms with Crippen LogP contribution in [0.2, 0.25) is 0 Å². The number of rotatable bonds is 3. The van der Waals surface area contributed by atoms with Gasteiger partial charge in [-0.1, -0.05) is 12.1 Å². The average molecular weight is 246 g/mol. The van der Waals surface area contributed by atoms with Gasteiger partial charge in [0.15, 0.2) is 5.78 Å². The second kappa shape index (κ2) is 4.90. The minimum absolute atomic E-state index is 0.0611. The number of Topliss-reactive ketones (excluding diaryl/α,β-unsaturated/α-hetero) is 1. The number of amides is 1. The smallest absolute Gasteiger partial charge is 0.224 e. The van der Waals surface area contributed by atoms with E-state index in [-0.39, 0.29) is 17.7 Å².